The number of nitrogens with one attached hydrogen (secondary N) is 1. The Morgan fingerprint density at radius 1 is 1.08 bits per heavy atom. The molecule has 220 valence electrons. The molecule has 0 aliphatic carbocycles. The average Bonchev–Trinajstić information content (AvgIpc) is 3.21. The van der Waals surface area contributed by atoms with Crippen LogP contribution in [-0.2, 0) is 34.1 Å². The van der Waals surface area contributed by atoms with Crippen molar-refractivity contribution in [1.82, 2.24) is 19.5 Å². The molecule has 0 aliphatic heterocycles. The first kappa shape index (κ1) is 34.1. The predicted molar refractivity (Wildman–Crippen MR) is 144 cm³/mol. The van der Waals surface area contributed by atoms with Gasteiger partial charge >= 0.3 is 19.5 Å². The summed E-state index contributed by atoms with van der Waals surface area (Å²) in [5.41, 5.74) is -1.71. The lowest BCUT2D eigenvalue weighted by atomic mass is 10.1. The number of hydrogen-bond donors (Lipinski definition) is 4. The Bertz CT molecular complexity index is 1130. The minimum atomic E-state index is -4.40. The van der Waals surface area contributed by atoms with Crippen LogP contribution in [0.2, 0.25) is 0 Å². The maximum Gasteiger partial charge on any atom is 0.351 e. The van der Waals surface area contributed by atoms with Gasteiger partial charge in [0, 0.05) is 6.54 Å². The number of carbonyl (C=O) groups excluding carboxylic acids is 2. The highest BCUT2D eigenvalue weighted by molar-refractivity contribution is 7.51. The zero-order valence-corrected chi connectivity index (χ0v) is 24.4. The van der Waals surface area contributed by atoms with Gasteiger partial charge in [0.1, 0.15) is 24.0 Å². The minimum Gasteiger partial charge on any atom is -0.460 e. The molecule has 0 fully saturated rings. The van der Waals surface area contributed by atoms with Crippen LogP contribution in [0.25, 0.3) is 11.2 Å². The smallest absolute Gasteiger partial charge is 0.351 e. The lowest BCUT2D eigenvalue weighted by molar-refractivity contribution is -0.166. The number of nitrogens with zero attached hydrogens (tertiary/aromatic N) is 4. The molecule has 0 radical (unpaired) electrons. The summed E-state index contributed by atoms with van der Waals surface area (Å²) in [5, 5.41) is 12.8. The normalized spacial score (nSPS) is 13.6. The van der Waals surface area contributed by atoms with Gasteiger partial charge in [-0.25, -0.2) is 15.0 Å². The maximum absolute atomic E-state index is 11.2. The molecule has 0 aliphatic rings. The minimum absolute atomic E-state index is 0.244. The van der Waals surface area contributed by atoms with E-state index >= 15 is 0 Å². The number of aliphatic hydroxyl groups excluding tert-OH is 1. The number of carbonyl (C=O) groups is 2. The van der Waals surface area contributed by atoms with Crippen LogP contribution in [0.3, 0.4) is 0 Å². The van der Waals surface area contributed by atoms with Crippen molar-refractivity contribution >= 4 is 36.5 Å². The molecule has 39 heavy (non-hydrogen) atoms. The molecule has 0 saturated carbocycles. The fourth-order valence-corrected chi connectivity index (χ4v) is 3.49. The quantitative estimate of drug-likeness (QED) is 0.133. The molecule has 4 N–H and O–H groups in total. The number of fused-ring (bicyclic) bond motifs is 1. The Balaban J connectivity index is 0.000000439. The molecule has 0 amide bonds. The first-order valence-corrected chi connectivity index (χ1v) is 13.9. The van der Waals surface area contributed by atoms with Crippen LogP contribution < -0.4 is 5.32 Å². The Hall–Kier alpha value is -2.90. The Morgan fingerprint density at radius 3 is 2.08 bits per heavy atom. The molecule has 2 heterocycles. The zero-order chi connectivity index (χ0) is 30.1. The molecule has 1 atom stereocenters. The number of imidazole rings is 1. The second kappa shape index (κ2) is 13.9. The molecule has 0 saturated heterocycles. The fraction of sp³-hybridized carbons (Fsp3) is 0.625. The highest BCUT2D eigenvalue weighted by atomic mass is 31.2. The second-order valence-electron chi connectivity index (χ2n) is 10.4. The van der Waals surface area contributed by atoms with Crippen LogP contribution in [0, 0.1) is 0 Å². The zero-order valence-electron chi connectivity index (χ0n) is 23.5. The number of hydrogen-bond acceptors (Lipinski definition) is 11. The standard InChI is InChI=1S/C13H20N5O5P.C11H20O4/c1-3-5-14-11-10-12(16-7-15-11)18(8-17-10)13(4-2,6-19)23-9-24(20,21)22;1-10(2,3)14-8(12)7-9(13)15-11(4,5)6/h3,7-8,19H,1,4-6,9H2,2H3,(H,14,15,16)(H2,20,21,22);7H2,1-6H3. The van der Waals surface area contributed by atoms with E-state index in [4.69, 9.17) is 24.0 Å². The van der Waals surface area contributed by atoms with Crippen molar-refractivity contribution in [1.29, 1.82) is 0 Å². The van der Waals surface area contributed by atoms with E-state index in [-0.39, 0.29) is 12.8 Å². The number of aliphatic hydroxyl groups is 1. The van der Waals surface area contributed by atoms with Crippen molar-refractivity contribution in [2.45, 2.75) is 78.2 Å². The summed E-state index contributed by atoms with van der Waals surface area (Å²) in [6.07, 6.45) is 3.47. The summed E-state index contributed by atoms with van der Waals surface area (Å²) in [6, 6.07) is 0. The molecule has 1 unspecified atom stereocenters. The van der Waals surface area contributed by atoms with E-state index in [0.717, 1.165) is 0 Å². The summed E-state index contributed by atoms with van der Waals surface area (Å²) in [5.74, 6) is -0.634. The fourth-order valence-electron chi connectivity index (χ4n) is 3.08. The van der Waals surface area contributed by atoms with Crippen LogP contribution in [0.15, 0.2) is 25.3 Å². The summed E-state index contributed by atoms with van der Waals surface area (Å²) >= 11 is 0. The molecule has 2 aromatic rings. The third-order valence-electron chi connectivity index (χ3n) is 4.62. The van der Waals surface area contributed by atoms with E-state index in [2.05, 4.69) is 26.8 Å². The Kier molecular flexibility index (Phi) is 12.2. The molecule has 15 heteroatoms. The van der Waals surface area contributed by atoms with Gasteiger partial charge in [0.2, 0.25) is 0 Å². The molecule has 2 rings (SSSR count). The molecule has 0 spiro atoms. The van der Waals surface area contributed by atoms with Crippen molar-refractivity contribution < 1.29 is 43.3 Å². The van der Waals surface area contributed by atoms with Gasteiger partial charge < -0.3 is 34.4 Å². The second-order valence-corrected chi connectivity index (χ2v) is 12.0. The molecular formula is C24H40N5O9P. The molecule has 14 nitrogen and oxygen atoms in total. The molecular weight excluding hydrogens is 533 g/mol. The van der Waals surface area contributed by atoms with Crippen molar-refractivity contribution in [3.63, 3.8) is 0 Å². The van der Waals surface area contributed by atoms with E-state index in [1.807, 2.05) is 0 Å². The Labute approximate surface area is 228 Å². The number of esters is 2. The van der Waals surface area contributed by atoms with Gasteiger partial charge in [0.05, 0.1) is 12.9 Å². The molecule has 0 aromatic carbocycles. The lowest BCUT2D eigenvalue weighted by Gasteiger charge is -2.32. The number of aromatic nitrogens is 4. The maximum atomic E-state index is 11.2. The largest absolute Gasteiger partial charge is 0.460 e. The summed E-state index contributed by atoms with van der Waals surface area (Å²) in [4.78, 5) is 53.1. The first-order chi connectivity index (χ1) is 17.9. The van der Waals surface area contributed by atoms with Crippen molar-refractivity contribution in [2.24, 2.45) is 0 Å². The molecule has 2 aromatic heterocycles. The average molecular weight is 574 g/mol. The van der Waals surface area contributed by atoms with Gasteiger partial charge in [0.15, 0.2) is 29.1 Å². The van der Waals surface area contributed by atoms with E-state index in [0.29, 0.717) is 23.5 Å². The highest BCUT2D eigenvalue weighted by Crippen LogP contribution is 2.38. The number of ether oxygens (including phenoxy) is 3. The summed E-state index contributed by atoms with van der Waals surface area (Å²) < 4.78 is 27.9. The highest BCUT2D eigenvalue weighted by Gasteiger charge is 2.35. The van der Waals surface area contributed by atoms with E-state index in [9.17, 15) is 19.3 Å². The van der Waals surface area contributed by atoms with E-state index < -0.39 is 49.4 Å². The summed E-state index contributed by atoms with van der Waals surface area (Å²) in [6.45, 7) is 15.8. The number of rotatable bonds is 11. The van der Waals surface area contributed by atoms with E-state index in [1.165, 1.54) is 17.2 Å². The van der Waals surface area contributed by atoms with Crippen LogP contribution in [0.4, 0.5) is 5.82 Å². The Morgan fingerprint density at radius 2 is 1.64 bits per heavy atom. The summed E-state index contributed by atoms with van der Waals surface area (Å²) in [7, 11) is -4.40. The van der Waals surface area contributed by atoms with Gasteiger partial charge in [-0.15, -0.1) is 6.58 Å². The van der Waals surface area contributed by atoms with Crippen LogP contribution in [0.1, 0.15) is 61.3 Å². The van der Waals surface area contributed by atoms with Gasteiger partial charge in [-0.1, -0.05) is 13.0 Å². The van der Waals surface area contributed by atoms with Crippen molar-refractivity contribution in [2.75, 3.05) is 24.8 Å². The third-order valence-corrected chi connectivity index (χ3v) is 5.08. The van der Waals surface area contributed by atoms with E-state index in [1.54, 1.807) is 54.5 Å². The van der Waals surface area contributed by atoms with Gasteiger partial charge in [-0.3, -0.25) is 18.7 Å². The SMILES string of the molecule is C=CCNc1ncnc2c1ncn2C(CC)(CO)OCP(=O)(O)O.CC(C)(C)OC(=O)CC(=O)OC(C)(C)C. The van der Waals surface area contributed by atoms with Crippen LogP contribution in [0.5, 0.6) is 0 Å². The first-order valence-electron chi connectivity index (χ1n) is 12.1. The van der Waals surface area contributed by atoms with Crippen LogP contribution in [-0.4, -0.2) is 77.1 Å². The number of anilines is 1. The predicted octanol–water partition coefficient (Wildman–Crippen LogP) is 2.69. The lowest BCUT2D eigenvalue weighted by Crippen LogP contribution is -2.40. The monoisotopic (exact) mass is 573 g/mol. The molecule has 0 bridgehead atoms. The van der Waals surface area contributed by atoms with Gasteiger partial charge in [-0.05, 0) is 48.0 Å². The topological polar surface area (TPSA) is 195 Å². The van der Waals surface area contributed by atoms with Gasteiger partial charge in [-0.2, -0.15) is 0 Å². The van der Waals surface area contributed by atoms with Crippen molar-refractivity contribution in [3.05, 3.63) is 25.3 Å². The van der Waals surface area contributed by atoms with Gasteiger partial charge in [0.25, 0.3) is 0 Å². The van der Waals surface area contributed by atoms with Crippen molar-refractivity contribution in [3.8, 4) is 0 Å². The van der Waals surface area contributed by atoms with Crippen LogP contribution >= 0.6 is 7.60 Å². The third kappa shape index (κ3) is 11.8.